The van der Waals surface area contributed by atoms with Gasteiger partial charge in [-0.3, -0.25) is 4.99 Å². The van der Waals surface area contributed by atoms with Crippen LogP contribution in [0.25, 0.3) is 21.9 Å². The van der Waals surface area contributed by atoms with Gasteiger partial charge in [-0.1, -0.05) is 30.4 Å². The first-order valence-electron chi connectivity index (χ1n) is 7.07. The SMILES string of the molecule is C\C=C/N=C(\C=C/C)c1ccc2oc3ccccc3c2c1. The number of aliphatic imine (C=N–C) groups is 1. The Morgan fingerprint density at radius 2 is 1.76 bits per heavy atom. The molecular formula is C19H17NO. The molecule has 0 aliphatic carbocycles. The minimum atomic E-state index is 0.908. The Morgan fingerprint density at radius 3 is 2.57 bits per heavy atom. The molecule has 3 rings (SSSR count). The van der Waals surface area contributed by atoms with E-state index in [9.17, 15) is 0 Å². The molecule has 0 saturated heterocycles. The molecule has 1 heterocycles. The van der Waals surface area contributed by atoms with E-state index in [0.717, 1.165) is 33.2 Å². The van der Waals surface area contributed by atoms with Crippen LogP contribution in [0.4, 0.5) is 0 Å². The van der Waals surface area contributed by atoms with Crippen LogP contribution in [0.3, 0.4) is 0 Å². The zero-order valence-corrected chi connectivity index (χ0v) is 12.2. The number of nitrogens with zero attached hydrogens (tertiary/aromatic N) is 1. The standard InChI is InChI=1S/C19H17NO/c1-3-7-17(20-12-4-2)14-10-11-19-16(13-14)15-8-5-6-9-18(15)21-19/h3-13H,1-2H3/b7-3-,12-4-,20-17+. The zero-order valence-electron chi connectivity index (χ0n) is 12.2. The van der Waals surface area contributed by atoms with Gasteiger partial charge in [-0.2, -0.15) is 0 Å². The van der Waals surface area contributed by atoms with Gasteiger partial charge in [0.15, 0.2) is 0 Å². The van der Waals surface area contributed by atoms with Crippen LogP contribution in [0.5, 0.6) is 0 Å². The molecule has 0 fully saturated rings. The fraction of sp³-hybridized carbons (Fsp3) is 0.105. The molecule has 0 unspecified atom stereocenters. The first-order chi connectivity index (χ1) is 10.3. The highest BCUT2D eigenvalue weighted by molar-refractivity contribution is 6.13. The van der Waals surface area contributed by atoms with Crippen molar-refractivity contribution in [1.82, 2.24) is 0 Å². The van der Waals surface area contributed by atoms with E-state index in [4.69, 9.17) is 4.42 Å². The summed E-state index contributed by atoms with van der Waals surface area (Å²) in [5.41, 5.74) is 3.86. The molecule has 0 radical (unpaired) electrons. The van der Waals surface area contributed by atoms with Gasteiger partial charge < -0.3 is 4.42 Å². The van der Waals surface area contributed by atoms with E-state index in [1.165, 1.54) is 0 Å². The lowest BCUT2D eigenvalue weighted by molar-refractivity contribution is 0.669. The van der Waals surface area contributed by atoms with Gasteiger partial charge in [-0.25, -0.2) is 0 Å². The molecule has 3 aromatic rings. The normalized spacial score (nSPS) is 13.1. The summed E-state index contributed by atoms with van der Waals surface area (Å²) in [7, 11) is 0. The summed E-state index contributed by atoms with van der Waals surface area (Å²) < 4.78 is 5.86. The van der Waals surface area contributed by atoms with Crippen LogP contribution in [0.1, 0.15) is 19.4 Å². The molecule has 0 aliphatic rings. The smallest absolute Gasteiger partial charge is 0.135 e. The van der Waals surface area contributed by atoms with Crippen LogP contribution in [0.15, 0.2) is 76.3 Å². The van der Waals surface area contributed by atoms with Gasteiger partial charge in [-0.15, -0.1) is 0 Å². The molecule has 0 saturated carbocycles. The number of furan rings is 1. The van der Waals surface area contributed by atoms with Gasteiger partial charge in [-0.05, 0) is 44.2 Å². The predicted octanol–water partition coefficient (Wildman–Crippen LogP) is 5.48. The zero-order chi connectivity index (χ0) is 14.7. The second-order valence-electron chi connectivity index (χ2n) is 4.81. The highest BCUT2D eigenvalue weighted by Crippen LogP contribution is 2.29. The Balaban J connectivity index is 2.21. The number of allylic oxidation sites excluding steroid dienone is 3. The summed E-state index contributed by atoms with van der Waals surface area (Å²) in [6.45, 7) is 3.96. The molecular weight excluding hydrogens is 258 g/mol. The van der Waals surface area contributed by atoms with Crippen LogP contribution in [-0.4, -0.2) is 5.71 Å². The van der Waals surface area contributed by atoms with Gasteiger partial charge in [0.05, 0.1) is 5.71 Å². The Labute approximate surface area is 124 Å². The van der Waals surface area contributed by atoms with Crippen LogP contribution in [-0.2, 0) is 0 Å². The molecule has 0 spiro atoms. The molecule has 0 amide bonds. The molecule has 1 aromatic heterocycles. The average Bonchev–Trinajstić information content (AvgIpc) is 2.89. The molecule has 0 N–H and O–H groups in total. The van der Waals surface area contributed by atoms with E-state index < -0.39 is 0 Å². The van der Waals surface area contributed by atoms with Gasteiger partial charge in [0.2, 0.25) is 0 Å². The lowest BCUT2D eigenvalue weighted by atomic mass is 10.1. The van der Waals surface area contributed by atoms with E-state index in [1.54, 1.807) is 0 Å². The fourth-order valence-electron chi connectivity index (χ4n) is 2.41. The van der Waals surface area contributed by atoms with Crippen molar-refractivity contribution in [2.24, 2.45) is 4.99 Å². The number of benzene rings is 2. The molecule has 0 atom stereocenters. The van der Waals surface area contributed by atoms with Gasteiger partial charge >= 0.3 is 0 Å². The maximum absolute atomic E-state index is 5.86. The third-order valence-electron chi connectivity index (χ3n) is 3.36. The van der Waals surface area contributed by atoms with E-state index in [-0.39, 0.29) is 0 Å². The highest BCUT2D eigenvalue weighted by Gasteiger charge is 2.08. The summed E-state index contributed by atoms with van der Waals surface area (Å²) >= 11 is 0. The molecule has 104 valence electrons. The first-order valence-corrected chi connectivity index (χ1v) is 7.07. The minimum Gasteiger partial charge on any atom is -0.456 e. The lowest BCUT2D eigenvalue weighted by Crippen LogP contribution is -1.95. The minimum absolute atomic E-state index is 0.908. The van der Waals surface area contributed by atoms with E-state index in [1.807, 2.05) is 68.6 Å². The first kappa shape index (κ1) is 13.4. The second-order valence-corrected chi connectivity index (χ2v) is 4.81. The van der Waals surface area contributed by atoms with Crippen molar-refractivity contribution in [2.75, 3.05) is 0 Å². The topological polar surface area (TPSA) is 25.5 Å². The Morgan fingerprint density at radius 1 is 0.952 bits per heavy atom. The molecule has 2 nitrogen and oxygen atoms in total. The maximum atomic E-state index is 5.86. The Hall–Kier alpha value is -2.61. The Bertz CT molecular complexity index is 866. The number of para-hydroxylation sites is 1. The van der Waals surface area contributed by atoms with E-state index in [2.05, 4.69) is 17.1 Å². The molecule has 2 heteroatoms. The second kappa shape index (κ2) is 5.80. The third kappa shape index (κ3) is 2.52. The van der Waals surface area contributed by atoms with Crippen molar-refractivity contribution in [1.29, 1.82) is 0 Å². The molecule has 0 aliphatic heterocycles. The Kier molecular flexibility index (Phi) is 3.69. The number of hydrogen-bond acceptors (Lipinski definition) is 2. The van der Waals surface area contributed by atoms with Crippen LogP contribution in [0, 0.1) is 0 Å². The van der Waals surface area contributed by atoms with Crippen molar-refractivity contribution < 1.29 is 4.42 Å². The van der Waals surface area contributed by atoms with Gasteiger partial charge in [0.25, 0.3) is 0 Å². The lowest BCUT2D eigenvalue weighted by Gasteiger charge is -2.01. The van der Waals surface area contributed by atoms with Crippen molar-refractivity contribution in [2.45, 2.75) is 13.8 Å². The quantitative estimate of drug-likeness (QED) is 0.581. The average molecular weight is 275 g/mol. The summed E-state index contributed by atoms with van der Waals surface area (Å²) in [4.78, 5) is 4.49. The fourth-order valence-corrected chi connectivity index (χ4v) is 2.41. The van der Waals surface area contributed by atoms with Crippen molar-refractivity contribution in [3.63, 3.8) is 0 Å². The summed E-state index contributed by atoms with van der Waals surface area (Å²) in [6.07, 6.45) is 7.76. The van der Waals surface area contributed by atoms with Crippen molar-refractivity contribution in [3.8, 4) is 0 Å². The third-order valence-corrected chi connectivity index (χ3v) is 3.36. The van der Waals surface area contributed by atoms with Crippen LogP contribution >= 0.6 is 0 Å². The summed E-state index contributed by atoms with van der Waals surface area (Å²) in [5.74, 6) is 0. The number of rotatable bonds is 3. The van der Waals surface area contributed by atoms with Crippen LogP contribution < -0.4 is 0 Å². The van der Waals surface area contributed by atoms with Crippen molar-refractivity contribution >= 4 is 27.7 Å². The van der Waals surface area contributed by atoms with Crippen molar-refractivity contribution in [3.05, 3.63) is 72.5 Å². The maximum Gasteiger partial charge on any atom is 0.135 e. The summed E-state index contributed by atoms with van der Waals surface area (Å²) in [5, 5.41) is 2.26. The van der Waals surface area contributed by atoms with Gasteiger partial charge in [0, 0.05) is 22.5 Å². The predicted molar refractivity (Wildman–Crippen MR) is 89.9 cm³/mol. The van der Waals surface area contributed by atoms with E-state index in [0.29, 0.717) is 0 Å². The molecule has 21 heavy (non-hydrogen) atoms. The molecule has 2 aromatic carbocycles. The number of hydrogen-bond donors (Lipinski definition) is 0. The summed E-state index contributed by atoms with van der Waals surface area (Å²) in [6, 6.07) is 14.3. The van der Waals surface area contributed by atoms with E-state index >= 15 is 0 Å². The highest BCUT2D eigenvalue weighted by atomic mass is 16.3. The largest absolute Gasteiger partial charge is 0.456 e. The van der Waals surface area contributed by atoms with Gasteiger partial charge in [0.1, 0.15) is 11.2 Å². The monoisotopic (exact) mass is 275 g/mol. The number of fused-ring (bicyclic) bond motifs is 3. The molecule has 0 bridgehead atoms. The van der Waals surface area contributed by atoms with Crippen LogP contribution in [0.2, 0.25) is 0 Å².